The molecule has 0 aliphatic carbocycles. The number of benzene rings is 1. The molecule has 0 saturated heterocycles. The van der Waals surface area contributed by atoms with Gasteiger partial charge in [-0.25, -0.2) is 4.39 Å². The molecular weight excluding hydrogens is 169 g/mol. The van der Waals surface area contributed by atoms with Gasteiger partial charge in [0.05, 0.1) is 0 Å². The molecule has 0 aliphatic heterocycles. The minimum atomic E-state index is -0.416. The summed E-state index contributed by atoms with van der Waals surface area (Å²) in [6.45, 7) is 3.02. The molecule has 0 saturated carbocycles. The van der Waals surface area contributed by atoms with Crippen molar-refractivity contribution in [1.29, 1.82) is 5.41 Å². The van der Waals surface area contributed by atoms with Gasteiger partial charge >= 0.3 is 0 Å². The van der Waals surface area contributed by atoms with Crippen molar-refractivity contribution in [3.8, 4) is 0 Å². The maximum absolute atomic E-state index is 12.8. The number of hydrogen-bond donors (Lipinski definition) is 1. The topological polar surface area (TPSA) is 40.9 Å². The molecule has 1 rings (SSSR count). The zero-order chi connectivity index (χ0) is 10.0. The molecule has 1 aromatic carbocycles. The summed E-state index contributed by atoms with van der Waals surface area (Å²) in [7, 11) is 0. The third-order valence-corrected chi connectivity index (χ3v) is 1.68. The first-order valence-corrected chi connectivity index (χ1v) is 3.88. The Hall–Kier alpha value is -1.51. The Kier molecular flexibility index (Phi) is 2.56. The molecule has 0 aliphatic rings. The largest absolute Gasteiger partial charge is 0.297 e. The molecule has 2 nitrogen and oxygen atoms in total. The molecular formula is C10H10FNO. The van der Waals surface area contributed by atoms with Crippen LogP contribution in [0.2, 0.25) is 0 Å². The molecule has 0 atom stereocenters. The fraction of sp³-hybridized carbons (Fsp3) is 0.200. The van der Waals surface area contributed by atoms with Crippen molar-refractivity contribution < 1.29 is 9.18 Å². The maximum Gasteiger partial charge on any atom is 0.177 e. The molecule has 68 valence electrons. The van der Waals surface area contributed by atoms with Crippen molar-refractivity contribution in [2.75, 3.05) is 0 Å². The van der Waals surface area contributed by atoms with Crippen LogP contribution in [0, 0.1) is 18.2 Å². The number of carbonyl (C=O) groups is 1. The van der Waals surface area contributed by atoms with E-state index in [-0.39, 0.29) is 11.5 Å². The number of hydrogen-bond acceptors (Lipinski definition) is 2. The van der Waals surface area contributed by atoms with Crippen LogP contribution in [0.1, 0.15) is 18.1 Å². The Morgan fingerprint density at radius 3 is 2.46 bits per heavy atom. The molecule has 3 heteroatoms. The first-order chi connectivity index (χ1) is 6.00. The van der Waals surface area contributed by atoms with Gasteiger partial charge in [-0.05, 0) is 30.7 Å². The lowest BCUT2D eigenvalue weighted by Crippen LogP contribution is -2.10. The zero-order valence-electron chi connectivity index (χ0n) is 7.52. The average molecular weight is 179 g/mol. The van der Waals surface area contributed by atoms with E-state index in [1.807, 2.05) is 0 Å². The summed E-state index contributed by atoms with van der Waals surface area (Å²) in [5.74, 6) is -0.772. The van der Waals surface area contributed by atoms with E-state index < -0.39 is 5.82 Å². The van der Waals surface area contributed by atoms with Crippen LogP contribution in [-0.4, -0.2) is 11.5 Å². The number of halogens is 1. The van der Waals surface area contributed by atoms with Crippen molar-refractivity contribution >= 4 is 11.5 Å². The highest BCUT2D eigenvalue weighted by molar-refractivity contribution is 6.44. The smallest absolute Gasteiger partial charge is 0.177 e. The quantitative estimate of drug-likeness (QED) is 0.694. The highest BCUT2D eigenvalue weighted by Crippen LogP contribution is 2.09. The molecule has 0 unspecified atom stereocenters. The molecule has 0 fully saturated rings. The number of ketones is 1. The Morgan fingerprint density at radius 2 is 2.00 bits per heavy atom. The Balaban J connectivity index is 3.15. The van der Waals surface area contributed by atoms with Crippen LogP contribution in [-0.2, 0) is 4.79 Å². The van der Waals surface area contributed by atoms with Crippen LogP contribution >= 0.6 is 0 Å². The summed E-state index contributed by atoms with van der Waals surface area (Å²) in [5.41, 5.74) is 0.897. The summed E-state index contributed by atoms with van der Waals surface area (Å²) >= 11 is 0. The van der Waals surface area contributed by atoms with Crippen LogP contribution in [0.25, 0.3) is 0 Å². The van der Waals surface area contributed by atoms with Crippen molar-refractivity contribution in [2.24, 2.45) is 0 Å². The minimum absolute atomic E-state index is 0.150. The Bertz CT molecular complexity index is 351. The number of carbonyl (C=O) groups excluding carboxylic acids is 1. The standard InChI is InChI=1S/C10H10FNO/c1-6-3-8(5-9(11)4-6)10(12)7(2)13/h3-5,12H,1-2H3. The van der Waals surface area contributed by atoms with Gasteiger partial charge in [-0.3, -0.25) is 10.2 Å². The van der Waals surface area contributed by atoms with Gasteiger partial charge in [0.15, 0.2) is 5.78 Å². The highest BCUT2D eigenvalue weighted by atomic mass is 19.1. The lowest BCUT2D eigenvalue weighted by molar-refractivity contribution is -0.111. The zero-order valence-corrected chi connectivity index (χ0v) is 7.52. The van der Waals surface area contributed by atoms with Crippen LogP contribution < -0.4 is 0 Å². The molecule has 0 heterocycles. The van der Waals surface area contributed by atoms with E-state index >= 15 is 0 Å². The van der Waals surface area contributed by atoms with Gasteiger partial charge in [-0.1, -0.05) is 0 Å². The van der Waals surface area contributed by atoms with Gasteiger partial charge in [0, 0.05) is 12.5 Å². The molecule has 1 aromatic rings. The van der Waals surface area contributed by atoms with E-state index in [0.29, 0.717) is 11.1 Å². The van der Waals surface area contributed by atoms with Gasteiger partial charge in [0.1, 0.15) is 11.5 Å². The summed E-state index contributed by atoms with van der Waals surface area (Å²) in [5, 5.41) is 7.36. The third kappa shape index (κ3) is 2.21. The summed E-state index contributed by atoms with van der Waals surface area (Å²) < 4.78 is 12.8. The van der Waals surface area contributed by atoms with E-state index in [9.17, 15) is 9.18 Å². The number of aryl methyl sites for hydroxylation is 1. The van der Waals surface area contributed by atoms with Crippen LogP contribution in [0.4, 0.5) is 4.39 Å². The summed E-state index contributed by atoms with van der Waals surface area (Å²) in [6.07, 6.45) is 0. The number of Topliss-reactive ketones (excluding diaryl/α,β-unsaturated/α-hetero) is 1. The van der Waals surface area contributed by atoms with Crippen LogP contribution in [0.15, 0.2) is 18.2 Å². The maximum atomic E-state index is 12.8. The molecule has 0 amide bonds. The highest BCUT2D eigenvalue weighted by Gasteiger charge is 2.07. The molecule has 1 N–H and O–H groups in total. The van der Waals surface area contributed by atoms with Crippen LogP contribution in [0.3, 0.4) is 0 Å². The summed E-state index contributed by atoms with van der Waals surface area (Å²) in [4.78, 5) is 10.8. The Morgan fingerprint density at radius 1 is 1.38 bits per heavy atom. The number of rotatable bonds is 2. The van der Waals surface area contributed by atoms with Gasteiger partial charge in [-0.2, -0.15) is 0 Å². The second kappa shape index (κ2) is 3.47. The second-order valence-corrected chi connectivity index (χ2v) is 2.95. The monoisotopic (exact) mass is 179 g/mol. The molecule has 0 spiro atoms. The first kappa shape index (κ1) is 9.58. The fourth-order valence-corrected chi connectivity index (χ4v) is 1.08. The van der Waals surface area contributed by atoms with E-state index in [1.54, 1.807) is 13.0 Å². The van der Waals surface area contributed by atoms with Crippen molar-refractivity contribution in [3.05, 3.63) is 35.1 Å². The Labute approximate surface area is 75.9 Å². The van der Waals surface area contributed by atoms with Crippen molar-refractivity contribution in [3.63, 3.8) is 0 Å². The predicted octanol–water partition coefficient (Wildman–Crippen LogP) is 2.09. The lowest BCUT2D eigenvalue weighted by atomic mass is 10.0. The van der Waals surface area contributed by atoms with E-state index in [2.05, 4.69) is 0 Å². The predicted molar refractivity (Wildman–Crippen MR) is 48.6 cm³/mol. The fourth-order valence-electron chi connectivity index (χ4n) is 1.08. The van der Waals surface area contributed by atoms with Crippen LogP contribution in [0.5, 0.6) is 0 Å². The SMILES string of the molecule is CC(=O)C(=N)c1cc(C)cc(F)c1. The van der Waals surface area contributed by atoms with E-state index in [1.165, 1.54) is 19.1 Å². The van der Waals surface area contributed by atoms with E-state index in [0.717, 1.165) is 0 Å². The molecule has 0 radical (unpaired) electrons. The van der Waals surface area contributed by atoms with Gasteiger partial charge in [-0.15, -0.1) is 0 Å². The van der Waals surface area contributed by atoms with Gasteiger partial charge in [0.25, 0.3) is 0 Å². The van der Waals surface area contributed by atoms with Crippen molar-refractivity contribution in [1.82, 2.24) is 0 Å². The molecule has 0 aromatic heterocycles. The van der Waals surface area contributed by atoms with Gasteiger partial charge < -0.3 is 0 Å². The minimum Gasteiger partial charge on any atom is -0.297 e. The lowest BCUT2D eigenvalue weighted by Gasteiger charge is -2.01. The second-order valence-electron chi connectivity index (χ2n) is 2.95. The third-order valence-electron chi connectivity index (χ3n) is 1.68. The molecule has 13 heavy (non-hydrogen) atoms. The molecule has 0 bridgehead atoms. The van der Waals surface area contributed by atoms with Gasteiger partial charge in [0.2, 0.25) is 0 Å². The average Bonchev–Trinajstić information content (AvgIpc) is 2.01. The van der Waals surface area contributed by atoms with Crippen molar-refractivity contribution in [2.45, 2.75) is 13.8 Å². The summed E-state index contributed by atoms with van der Waals surface area (Å²) in [6, 6.07) is 4.17. The first-order valence-electron chi connectivity index (χ1n) is 3.88. The number of nitrogens with one attached hydrogen (secondary N) is 1. The van der Waals surface area contributed by atoms with E-state index in [4.69, 9.17) is 5.41 Å². The normalized spacial score (nSPS) is 9.77.